The zero-order chi connectivity index (χ0) is 13.0. The third-order valence-electron chi connectivity index (χ3n) is 2.58. The average Bonchev–Trinajstić information content (AvgIpc) is 2.78. The van der Waals surface area contributed by atoms with Crippen LogP contribution in [0.15, 0.2) is 30.5 Å². The van der Waals surface area contributed by atoms with Gasteiger partial charge in [-0.3, -0.25) is 0 Å². The highest BCUT2D eigenvalue weighted by Crippen LogP contribution is 2.20. The Labute approximate surface area is 105 Å². The van der Waals surface area contributed by atoms with Crippen LogP contribution in [0.4, 0.5) is 5.82 Å². The van der Waals surface area contributed by atoms with Gasteiger partial charge in [0, 0.05) is 5.56 Å². The number of methoxy groups -OCH3 is 1. The summed E-state index contributed by atoms with van der Waals surface area (Å²) in [6.07, 6.45) is 1.68. The van der Waals surface area contributed by atoms with Crippen LogP contribution < -0.4 is 16.2 Å². The van der Waals surface area contributed by atoms with E-state index in [2.05, 4.69) is 5.10 Å². The van der Waals surface area contributed by atoms with Crippen LogP contribution in [0, 0.1) is 0 Å². The third kappa shape index (κ3) is 2.44. The second-order valence-electron chi connectivity index (χ2n) is 3.68. The van der Waals surface area contributed by atoms with Crippen LogP contribution in [-0.4, -0.2) is 23.6 Å². The second kappa shape index (κ2) is 5.52. The SMILES string of the molecule is COc1ccc(-n2ncc(COCN)c2N)cc1. The lowest BCUT2D eigenvalue weighted by Gasteiger charge is -2.06. The number of nitrogens with two attached hydrogens (primary N) is 2. The summed E-state index contributed by atoms with van der Waals surface area (Å²) in [6, 6.07) is 7.48. The van der Waals surface area contributed by atoms with E-state index >= 15 is 0 Å². The first-order valence-corrected chi connectivity index (χ1v) is 5.51. The van der Waals surface area contributed by atoms with E-state index in [1.165, 1.54) is 0 Å². The molecule has 0 aliphatic carbocycles. The predicted octanol–water partition coefficient (Wildman–Crippen LogP) is 0.896. The van der Waals surface area contributed by atoms with Gasteiger partial charge in [-0.15, -0.1) is 0 Å². The minimum atomic E-state index is 0.160. The smallest absolute Gasteiger partial charge is 0.132 e. The van der Waals surface area contributed by atoms with Gasteiger partial charge in [0.1, 0.15) is 11.6 Å². The molecule has 4 N–H and O–H groups in total. The van der Waals surface area contributed by atoms with Crippen molar-refractivity contribution in [3.8, 4) is 11.4 Å². The molecule has 0 fully saturated rings. The molecule has 0 radical (unpaired) electrons. The number of benzene rings is 1. The molecule has 0 bridgehead atoms. The van der Waals surface area contributed by atoms with Gasteiger partial charge in [-0.1, -0.05) is 0 Å². The van der Waals surface area contributed by atoms with Gasteiger partial charge >= 0.3 is 0 Å². The highest BCUT2D eigenvalue weighted by Gasteiger charge is 2.08. The van der Waals surface area contributed by atoms with Crippen LogP contribution in [0.2, 0.25) is 0 Å². The highest BCUT2D eigenvalue weighted by atomic mass is 16.5. The highest BCUT2D eigenvalue weighted by molar-refractivity contribution is 5.47. The molecule has 6 nitrogen and oxygen atoms in total. The van der Waals surface area contributed by atoms with Crippen molar-refractivity contribution in [1.82, 2.24) is 9.78 Å². The number of nitrogens with zero attached hydrogens (tertiary/aromatic N) is 2. The predicted molar refractivity (Wildman–Crippen MR) is 68.4 cm³/mol. The first-order valence-electron chi connectivity index (χ1n) is 5.51. The largest absolute Gasteiger partial charge is 0.497 e. The summed E-state index contributed by atoms with van der Waals surface area (Å²) in [5.74, 6) is 1.34. The van der Waals surface area contributed by atoms with Crippen molar-refractivity contribution in [2.24, 2.45) is 5.73 Å². The Kier molecular flexibility index (Phi) is 3.81. The summed E-state index contributed by atoms with van der Waals surface area (Å²) >= 11 is 0. The Morgan fingerprint density at radius 3 is 2.61 bits per heavy atom. The van der Waals surface area contributed by atoms with E-state index < -0.39 is 0 Å². The standard InChI is InChI=1S/C12H16N4O2/c1-17-11-4-2-10(3-5-11)16-12(14)9(6-15-16)7-18-8-13/h2-6H,7-8,13-14H2,1H3. The molecule has 2 aromatic rings. The number of anilines is 1. The van der Waals surface area contributed by atoms with Gasteiger partial charge < -0.3 is 20.9 Å². The molecule has 96 valence electrons. The Bertz CT molecular complexity index is 507. The van der Waals surface area contributed by atoms with E-state index in [-0.39, 0.29) is 6.73 Å². The molecule has 1 heterocycles. The zero-order valence-electron chi connectivity index (χ0n) is 10.2. The minimum Gasteiger partial charge on any atom is -0.497 e. The van der Waals surface area contributed by atoms with Crippen molar-refractivity contribution in [3.05, 3.63) is 36.0 Å². The summed E-state index contributed by atoms with van der Waals surface area (Å²) < 4.78 is 11.9. The van der Waals surface area contributed by atoms with Crippen molar-refractivity contribution >= 4 is 5.82 Å². The van der Waals surface area contributed by atoms with Crippen LogP contribution in [0.1, 0.15) is 5.56 Å². The molecule has 0 saturated heterocycles. The number of hydrogen-bond acceptors (Lipinski definition) is 5. The second-order valence-corrected chi connectivity index (χ2v) is 3.68. The molecule has 0 saturated carbocycles. The van der Waals surface area contributed by atoms with E-state index in [1.807, 2.05) is 24.3 Å². The summed E-state index contributed by atoms with van der Waals surface area (Å²) in [5, 5.41) is 4.22. The molecule has 18 heavy (non-hydrogen) atoms. The van der Waals surface area contributed by atoms with E-state index in [0.717, 1.165) is 17.0 Å². The Balaban J connectivity index is 2.24. The van der Waals surface area contributed by atoms with Gasteiger partial charge in [0.25, 0.3) is 0 Å². The molecule has 0 atom stereocenters. The van der Waals surface area contributed by atoms with E-state index in [0.29, 0.717) is 12.4 Å². The van der Waals surface area contributed by atoms with Crippen molar-refractivity contribution in [2.45, 2.75) is 6.61 Å². The summed E-state index contributed by atoms with van der Waals surface area (Å²) in [6.45, 7) is 0.519. The fourth-order valence-electron chi connectivity index (χ4n) is 1.60. The quantitative estimate of drug-likeness (QED) is 0.767. The van der Waals surface area contributed by atoms with Crippen molar-refractivity contribution in [2.75, 3.05) is 19.6 Å². The summed E-state index contributed by atoms with van der Waals surface area (Å²) in [5.41, 5.74) is 13.0. The molecule has 0 unspecified atom stereocenters. The van der Waals surface area contributed by atoms with Gasteiger partial charge in [-0.2, -0.15) is 5.10 Å². The molecule has 0 aliphatic rings. The first kappa shape index (κ1) is 12.4. The zero-order valence-corrected chi connectivity index (χ0v) is 10.2. The number of rotatable bonds is 5. The molecular formula is C12H16N4O2. The normalized spacial score (nSPS) is 10.6. The van der Waals surface area contributed by atoms with Crippen LogP contribution in [0.25, 0.3) is 5.69 Å². The Morgan fingerprint density at radius 2 is 2.00 bits per heavy atom. The fraction of sp³-hybridized carbons (Fsp3) is 0.250. The number of aromatic nitrogens is 2. The monoisotopic (exact) mass is 248 g/mol. The lowest BCUT2D eigenvalue weighted by molar-refractivity contribution is 0.128. The third-order valence-corrected chi connectivity index (χ3v) is 2.58. The lowest BCUT2D eigenvalue weighted by atomic mass is 10.3. The van der Waals surface area contributed by atoms with Crippen LogP contribution in [0.5, 0.6) is 5.75 Å². The lowest BCUT2D eigenvalue weighted by Crippen LogP contribution is -2.06. The summed E-state index contributed by atoms with van der Waals surface area (Å²) in [7, 11) is 1.62. The molecular weight excluding hydrogens is 232 g/mol. The Morgan fingerprint density at radius 1 is 1.28 bits per heavy atom. The molecule has 0 aliphatic heterocycles. The van der Waals surface area contributed by atoms with Gasteiger partial charge in [0.05, 0.1) is 32.3 Å². The maximum absolute atomic E-state index is 6.00. The molecule has 1 aromatic carbocycles. The first-order chi connectivity index (χ1) is 8.76. The number of ether oxygens (including phenoxy) is 2. The topological polar surface area (TPSA) is 88.3 Å². The van der Waals surface area contributed by atoms with Gasteiger partial charge in [-0.25, -0.2) is 4.68 Å². The fourth-order valence-corrected chi connectivity index (χ4v) is 1.60. The maximum atomic E-state index is 6.00. The van der Waals surface area contributed by atoms with E-state index in [1.54, 1.807) is 18.0 Å². The molecule has 0 amide bonds. The Hall–Kier alpha value is -2.05. The number of nitrogen functional groups attached to an aromatic ring is 1. The number of hydrogen-bond donors (Lipinski definition) is 2. The van der Waals surface area contributed by atoms with Crippen LogP contribution in [-0.2, 0) is 11.3 Å². The molecule has 6 heteroatoms. The van der Waals surface area contributed by atoms with Crippen LogP contribution in [0.3, 0.4) is 0 Å². The summed E-state index contributed by atoms with van der Waals surface area (Å²) in [4.78, 5) is 0. The van der Waals surface area contributed by atoms with E-state index in [9.17, 15) is 0 Å². The average molecular weight is 248 g/mol. The van der Waals surface area contributed by atoms with E-state index in [4.69, 9.17) is 20.9 Å². The maximum Gasteiger partial charge on any atom is 0.132 e. The van der Waals surface area contributed by atoms with Gasteiger partial charge in [0.2, 0.25) is 0 Å². The van der Waals surface area contributed by atoms with Crippen molar-refractivity contribution < 1.29 is 9.47 Å². The molecule has 1 aromatic heterocycles. The van der Waals surface area contributed by atoms with Crippen LogP contribution >= 0.6 is 0 Å². The van der Waals surface area contributed by atoms with Gasteiger partial charge in [0.15, 0.2) is 0 Å². The van der Waals surface area contributed by atoms with Crippen molar-refractivity contribution in [3.63, 3.8) is 0 Å². The van der Waals surface area contributed by atoms with Crippen molar-refractivity contribution in [1.29, 1.82) is 0 Å². The molecule has 2 rings (SSSR count). The van der Waals surface area contributed by atoms with Gasteiger partial charge in [-0.05, 0) is 24.3 Å². The minimum absolute atomic E-state index is 0.160. The molecule has 0 spiro atoms.